The smallest absolute Gasteiger partial charge is 0.318 e. The van der Waals surface area contributed by atoms with Crippen LogP contribution >= 0.6 is 7.14 Å². The van der Waals surface area contributed by atoms with Gasteiger partial charge in [-0.25, -0.2) is 0 Å². The number of esters is 2. The van der Waals surface area contributed by atoms with Gasteiger partial charge in [-0.1, -0.05) is 60.7 Å². The Labute approximate surface area is 462 Å². The number of rotatable bonds is 6. The molecular formula is C78H19O5P. The molecule has 2 spiro atoms. The maximum atomic E-state index is 18.6. The topological polar surface area (TPSA) is 69.7 Å². The third-order valence-electron chi connectivity index (χ3n) is 29.0. The highest BCUT2D eigenvalue weighted by molar-refractivity contribution is 7.80. The predicted octanol–water partition coefficient (Wildman–Crippen LogP) is 17.6. The Morgan fingerprint density at radius 2 is 0.536 bits per heavy atom. The van der Waals surface area contributed by atoms with Crippen LogP contribution in [0, 0.1) is 5.41 Å². The van der Waals surface area contributed by atoms with Crippen molar-refractivity contribution in [2.45, 2.75) is 28.3 Å². The van der Waals surface area contributed by atoms with Gasteiger partial charge in [0, 0.05) is 33.3 Å². The Bertz CT molecular complexity index is 7830. The summed E-state index contributed by atoms with van der Waals surface area (Å²) in [6.07, 6.45) is 0. The lowest BCUT2D eigenvalue weighted by Crippen LogP contribution is -2.48. The molecule has 0 aromatic heterocycles. The third-order valence-corrected chi connectivity index (χ3v) is 32.5. The van der Waals surface area contributed by atoms with Gasteiger partial charge < -0.3 is 14.0 Å². The first-order valence-corrected chi connectivity index (χ1v) is 32.2. The third kappa shape index (κ3) is 1.96. The van der Waals surface area contributed by atoms with Crippen LogP contribution in [0.15, 0.2) is 60.7 Å². The molecule has 0 saturated heterocycles. The van der Waals surface area contributed by atoms with Crippen LogP contribution in [-0.2, 0) is 34.5 Å². The second-order valence-corrected chi connectivity index (χ2v) is 32.1. The number of carbonyl (C=O) groups is 2. The van der Waals surface area contributed by atoms with Gasteiger partial charge in [0.25, 0.3) is 0 Å². The zero-order chi connectivity index (χ0) is 51.9. The molecule has 366 valence electrons. The first-order valence-electron chi connectivity index (χ1n) is 30.4. The molecule has 7 aliphatic rings. The van der Waals surface area contributed by atoms with Crippen molar-refractivity contribution in [1.29, 1.82) is 0 Å². The minimum atomic E-state index is -4.30. The predicted molar refractivity (Wildman–Crippen MR) is 341 cm³/mol. The van der Waals surface area contributed by atoms with E-state index in [1.54, 1.807) is 17.9 Å². The standard InChI is InChI=1S/C78H19O5P/c1-82-74(79)73(84(81,13-9-5-3-6-10-13)14-11-7-4-8-12-14)78(75(80)83-2)76-69-61-53-43-33-25-17-15-16-19-23-21(17)29-37-31(23)41-35-27(19)28-20(16)24-22-18(15)26(25)34-40-30(22)38-32(24)42-36(28)46-45(35)55-49(41)59-51(37)57(47(53)39(29)33)65(69)67(59)71-63(55)64-56(46)50(42)60-52(38)58-48(40)54(44(34)43)62(61)70(76)66(58)68(60)72(64)77(71,76)78/h3-12,69,72-73H,1-2H3. The maximum Gasteiger partial charge on any atom is 0.318 e. The molecule has 0 aliphatic heterocycles. The summed E-state index contributed by atoms with van der Waals surface area (Å²) in [5.74, 6) is -1.69. The fraction of sp³-hybridized carbons (Fsp3) is 0.103. The SMILES string of the molecule is COC(=O)C(C1(C(=O)OC)C23c4c5c6c7c8c9c%10c%11c(c%12c%13c%14c%15c%16c(c4c4c%17c5c7c5c7c8c8c9c9c%11c%11c%12c%14c%12c%14c%15c%15c%16c4c4c%17c5c5c7c7c8c8c9c%11c%12c9c%14c%11c%15c4c5c%11c7c89)C%132)C13C6%10)P(=O)(c1ccccc1)c1ccccc1. The van der Waals surface area contributed by atoms with Crippen LogP contribution in [-0.4, -0.2) is 31.8 Å². The molecule has 28 aromatic carbocycles. The van der Waals surface area contributed by atoms with Crippen LogP contribution in [0.4, 0.5) is 0 Å². The zero-order valence-corrected chi connectivity index (χ0v) is 44.4. The van der Waals surface area contributed by atoms with Crippen LogP contribution in [0.5, 0.6) is 0 Å². The van der Waals surface area contributed by atoms with Gasteiger partial charge >= 0.3 is 11.9 Å². The maximum absolute atomic E-state index is 18.6. The van der Waals surface area contributed by atoms with E-state index in [4.69, 9.17) is 9.47 Å². The minimum absolute atomic E-state index is 0.341. The average molecular weight is 1070 g/mol. The number of ether oxygens (including phenoxy) is 2. The molecule has 84 heavy (non-hydrogen) atoms. The van der Waals surface area contributed by atoms with Crippen molar-refractivity contribution in [1.82, 2.24) is 0 Å². The van der Waals surface area contributed by atoms with Crippen LogP contribution < -0.4 is 10.6 Å². The summed E-state index contributed by atoms with van der Waals surface area (Å²) in [7, 11) is -1.24. The fourth-order valence-corrected chi connectivity index (χ4v) is 32.4. The summed E-state index contributed by atoms with van der Waals surface area (Å²) in [6, 6.07) is 19.6. The first-order chi connectivity index (χ1) is 41.5. The summed E-state index contributed by atoms with van der Waals surface area (Å²) in [6.45, 7) is 0. The second kappa shape index (κ2) is 8.27. The highest BCUT2D eigenvalue weighted by atomic mass is 31.2. The molecule has 0 heterocycles. The molecule has 0 amide bonds. The van der Waals surface area contributed by atoms with Gasteiger partial charge in [0.1, 0.15) is 11.1 Å². The largest absolute Gasteiger partial charge is 0.469 e. The van der Waals surface area contributed by atoms with Crippen molar-refractivity contribution in [2.75, 3.05) is 14.2 Å². The van der Waals surface area contributed by atoms with Crippen molar-refractivity contribution in [2.24, 2.45) is 5.41 Å². The fourth-order valence-electron chi connectivity index (χ4n) is 28.9. The lowest BCUT2D eigenvalue weighted by molar-refractivity contribution is -0.155. The Morgan fingerprint density at radius 3 is 0.762 bits per heavy atom. The Kier molecular flexibility index (Phi) is 3.42. The van der Waals surface area contributed by atoms with Gasteiger partial charge in [-0.2, -0.15) is 0 Å². The molecule has 5 nitrogen and oxygen atoms in total. The van der Waals surface area contributed by atoms with Gasteiger partial charge in [-0.15, -0.1) is 0 Å². The molecule has 6 heteroatoms. The molecular weight excluding hydrogens is 1050 g/mol. The molecule has 7 aliphatic carbocycles. The van der Waals surface area contributed by atoms with Crippen molar-refractivity contribution in [3.05, 3.63) is 94.0 Å². The van der Waals surface area contributed by atoms with Crippen molar-refractivity contribution < 1.29 is 23.6 Å². The van der Waals surface area contributed by atoms with Gasteiger partial charge in [0.15, 0.2) is 7.14 Å². The van der Waals surface area contributed by atoms with E-state index in [-0.39, 0.29) is 11.8 Å². The van der Waals surface area contributed by atoms with Gasteiger partial charge in [0.2, 0.25) is 0 Å². The van der Waals surface area contributed by atoms with Crippen molar-refractivity contribution in [3.63, 3.8) is 0 Å². The van der Waals surface area contributed by atoms with E-state index in [1.165, 1.54) is 299 Å². The van der Waals surface area contributed by atoms with Crippen LogP contribution in [0.3, 0.4) is 0 Å². The molecule has 0 bridgehead atoms. The number of hydrogen-bond donors (Lipinski definition) is 0. The van der Waals surface area contributed by atoms with E-state index in [2.05, 4.69) is 0 Å². The lowest BCUT2D eigenvalue weighted by atomic mass is 9.60. The van der Waals surface area contributed by atoms with E-state index in [1.807, 2.05) is 60.7 Å². The van der Waals surface area contributed by atoms with E-state index in [0.29, 0.717) is 10.6 Å². The summed E-state index contributed by atoms with van der Waals surface area (Å²) in [5.41, 5.74) is 2.65. The van der Waals surface area contributed by atoms with Crippen molar-refractivity contribution in [3.8, 4) is 0 Å². The molecule has 1 fully saturated rings. The number of benzene rings is 18. The Hall–Kier alpha value is -9.67. The van der Waals surface area contributed by atoms with Crippen LogP contribution in [0.25, 0.3) is 269 Å². The number of hydrogen-bond acceptors (Lipinski definition) is 5. The summed E-state index contributed by atoms with van der Waals surface area (Å²) in [4.78, 5) is 34.7. The molecule has 0 N–H and O–H groups in total. The molecule has 28 aromatic rings. The summed E-state index contributed by atoms with van der Waals surface area (Å²) < 4.78 is 31.8. The second-order valence-electron chi connectivity index (χ2n) is 29.2. The monoisotopic (exact) mass is 1070 g/mol. The molecule has 5 unspecified atom stereocenters. The number of methoxy groups -OCH3 is 2. The highest BCUT2D eigenvalue weighted by Crippen LogP contribution is 3.02. The highest BCUT2D eigenvalue weighted by Gasteiger charge is 3.03. The molecule has 1 saturated carbocycles. The zero-order valence-electron chi connectivity index (χ0n) is 43.5. The Morgan fingerprint density at radius 1 is 0.321 bits per heavy atom. The van der Waals surface area contributed by atoms with E-state index < -0.39 is 41.0 Å². The minimum Gasteiger partial charge on any atom is -0.469 e. The molecule has 0 radical (unpaired) electrons. The molecule has 35 rings (SSSR count). The molecule has 5 atom stereocenters. The van der Waals surface area contributed by atoms with E-state index in [0.717, 1.165) is 0 Å². The summed E-state index contributed by atoms with van der Waals surface area (Å²) in [5, 5.41) is 74.7. The van der Waals surface area contributed by atoms with Gasteiger partial charge in [-0.3, -0.25) is 9.59 Å². The number of carbonyl (C=O) groups excluding carboxylic acids is 2. The Balaban J connectivity index is 1.01. The lowest BCUT2D eigenvalue weighted by Gasteiger charge is -2.40. The summed E-state index contributed by atoms with van der Waals surface area (Å²) >= 11 is 0. The average Bonchev–Trinajstić information content (AvgIpc) is 1.36. The van der Waals surface area contributed by atoms with Crippen molar-refractivity contribution >= 4 is 299 Å². The normalized spacial score (nSPS) is 24.8. The van der Waals surface area contributed by atoms with Gasteiger partial charge in [0.05, 0.1) is 14.2 Å². The van der Waals surface area contributed by atoms with Crippen LogP contribution in [0.2, 0.25) is 0 Å². The van der Waals surface area contributed by atoms with E-state index >= 15 is 14.2 Å². The van der Waals surface area contributed by atoms with Gasteiger partial charge in [-0.05, 0) is 303 Å². The van der Waals surface area contributed by atoms with Crippen LogP contribution in [0.1, 0.15) is 45.2 Å². The van der Waals surface area contributed by atoms with E-state index in [9.17, 15) is 0 Å². The quantitative estimate of drug-likeness (QED) is 0.0943. The first kappa shape index (κ1) is 34.7.